The maximum atomic E-state index is 13.2. The third-order valence-corrected chi connectivity index (χ3v) is 5.15. The number of hydrogen-bond acceptors (Lipinski definition) is 5. The number of pyridine rings is 1. The van der Waals surface area contributed by atoms with Crippen LogP contribution in [-0.4, -0.2) is 25.8 Å². The summed E-state index contributed by atoms with van der Waals surface area (Å²) >= 11 is 0. The van der Waals surface area contributed by atoms with E-state index >= 15 is 0 Å². The molecule has 0 spiro atoms. The normalized spacial score (nSPS) is 10.9. The zero-order chi connectivity index (χ0) is 22.0. The zero-order valence-electron chi connectivity index (χ0n) is 17.3. The molecule has 0 radical (unpaired) electrons. The van der Waals surface area contributed by atoms with Gasteiger partial charge in [-0.2, -0.15) is 5.10 Å². The molecule has 0 aliphatic rings. The van der Waals surface area contributed by atoms with Gasteiger partial charge in [0.25, 0.3) is 5.56 Å². The second-order valence-electron chi connectivity index (χ2n) is 7.33. The van der Waals surface area contributed by atoms with E-state index < -0.39 is 5.97 Å². The molecule has 0 saturated carbocycles. The van der Waals surface area contributed by atoms with Crippen LogP contribution in [0, 0.1) is 6.92 Å². The fraction of sp³-hybridized carbons (Fsp3) is 0.167. The van der Waals surface area contributed by atoms with Crippen LogP contribution in [0.2, 0.25) is 0 Å². The van der Waals surface area contributed by atoms with Crippen LogP contribution in [0.1, 0.15) is 34.1 Å². The monoisotopic (exact) mass is 414 g/mol. The summed E-state index contributed by atoms with van der Waals surface area (Å²) in [7, 11) is 0. The minimum atomic E-state index is -1.18. The lowest BCUT2D eigenvalue weighted by molar-refractivity contribution is 0.0686. The van der Waals surface area contributed by atoms with Gasteiger partial charge in [-0.25, -0.2) is 9.48 Å². The fourth-order valence-electron chi connectivity index (χ4n) is 3.67. The minimum absolute atomic E-state index is 0.140. The van der Waals surface area contributed by atoms with E-state index in [1.807, 2.05) is 55.5 Å². The van der Waals surface area contributed by atoms with Gasteiger partial charge in [0.1, 0.15) is 5.69 Å². The number of carboxylic acid groups (broad SMARTS) is 1. The van der Waals surface area contributed by atoms with Crippen molar-refractivity contribution in [3.63, 3.8) is 0 Å². The van der Waals surface area contributed by atoms with Crippen molar-refractivity contribution in [3.8, 4) is 0 Å². The number of nitrogens with one attached hydrogen (secondary N) is 1. The van der Waals surface area contributed by atoms with Crippen LogP contribution >= 0.6 is 0 Å². The Hall–Kier alpha value is -4.00. The van der Waals surface area contributed by atoms with E-state index in [1.165, 1.54) is 4.68 Å². The molecule has 0 fully saturated rings. The maximum absolute atomic E-state index is 13.2. The number of aromatic carboxylic acids is 1. The Balaban J connectivity index is 1.93. The van der Waals surface area contributed by atoms with Crippen LogP contribution in [0.3, 0.4) is 0 Å². The van der Waals surface area contributed by atoms with Gasteiger partial charge in [-0.1, -0.05) is 54.1 Å². The minimum Gasteiger partial charge on any atom is -0.476 e. The molecule has 4 aromatic rings. The van der Waals surface area contributed by atoms with Crippen LogP contribution in [0.4, 0.5) is 11.4 Å². The molecule has 4 rings (SSSR count). The summed E-state index contributed by atoms with van der Waals surface area (Å²) in [4.78, 5) is 29.5. The third-order valence-electron chi connectivity index (χ3n) is 5.15. The van der Waals surface area contributed by atoms with Crippen molar-refractivity contribution in [2.24, 2.45) is 0 Å². The van der Waals surface area contributed by atoms with Crippen molar-refractivity contribution in [1.29, 1.82) is 0 Å². The predicted octanol–water partition coefficient (Wildman–Crippen LogP) is 4.15. The molecule has 156 valence electrons. The number of hydrogen-bond donors (Lipinski definition) is 2. The Labute approximate surface area is 179 Å². The first-order valence-corrected chi connectivity index (χ1v) is 10.0. The second-order valence-corrected chi connectivity index (χ2v) is 7.33. The number of carboxylic acids is 1. The number of benzene rings is 2. The molecule has 2 heterocycles. The number of nitrogens with zero attached hydrogens (tertiary/aromatic N) is 3. The highest BCUT2D eigenvalue weighted by Gasteiger charge is 2.22. The molecule has 31 heavy (non-hydrogen) atoms. The van der Waals surface area contributed by atoms with Gasteiger partial charge < -0.3 is 10.4 Å². The van der Waals surface area contributed by atoms with Gasteiger partial charge in [-0.3, -0.25) is 9.78 Å². The maximum Gasteiger partial charge on any atom is 0.356 e. The van der Waals surface area contributed by atoms with Crippen LogP contribution in [0.25, 0.3) is 10.8 Å². The molecule has 0 saturated heterocycles. The lowest BCUT2D eigenvalue weighted by Gasteiger charge is -2.17. The Morgan fingerprint density at radius 3 is 2.68 bits per heavy atom. The average molecular weight is 414 g/mol. The SMILES string of the molecule is CCn1nc(C(=O)O)c(Cc2cccc(C)c2)c(Nc2cncc3ccccc23)c1=O. The smallest absolute Gasteiger partial charge is 0.356 e. The number of aryl methyl sites for hydroxylation is 2. The predicted molar refractivity (Wildman–Crippen MR) is 120 cm³/mol. The van der Waals surface area contributed by atoms with Crippen LogP contribution < -0.4 is 10.9 Å². The van der Waals surface area contributed by atoms with Crippen molar-refractivity contribution in [2.45, 2.75) is 26.8 Å². The van der Waals surface area contributed by atoms with Crippen molar-refractivity contribution in [3.05, 3.63) is 93.7 Å². The van der Waals surface area contributed by atoms with E-state index in [0.29, 0.717) is 11.3 Å². The summed E-state index contributed by atoms with van der Waals surface area (Å²) in [5.74, 6) is -1.18. The summed E-state index contributed by atoms with van der Waals surface area (Å²) in [6.07, 6.45) is 3.64. The van der Waals surface area contributed by atoms with Gasteiger partial charge in [0, 0.05) is 35.5 Å². The van der Waals surface area contributed by atoms with E-state index in [2.05, 4.69) is 15.4 Å². The third kappa shape index (κ3) is 4.02. The Bertz CT molecular complexity index is 1340. The molecule has 7 heteroatoms. The van der Waals surface area contributed by atoms with E-state index in [-0.39, 0.29) is 29.9 Å². The highest BCUT2D eigenvalue weighted by Crippen LogP contribution is 2.27. The summed E-state index contributed by atoms with van der Waals surface area (Å²) in [5.41, 5.74) is 2.62. The molecular weight excluding hydrogens is 392 g/mol. The Morgan fingerprint density at radius 1 is 1.13 bits per heavy atom. The summed E-state index contributed by atoms with van der Waals surface area (Å²) < 4.78 is 1.17. The second kappa shape index (κ2) is 8.39. The molecule has 2 aromatic carbocycles. The van der Waals surface area contributed by atoms with Crippen molar-refractivity contribution >= 4 is 28.1 Å². The number of rotatable bonds is 6. The standard InChI is InChI=1S/C24H22N4O3/c1-3-28-23(29)21(26-20-14-25-13-17-9-4-5-10-18(17)20)19(22(27-28)24(30)31)12-16-8-6-7-15(2)11-16/h4-11,13-14,26H,3,12H2,1-2H3,(H,30,31). The summed E-state index contributed by atoms with van der Waals surface area (Å²) in [6, 6.07) is 15.4. The lowest BCUT2D eigenvalue weighted by Crippen LogP contribution is -2.29. The summed E-state index contributed by atoms with van der Waals surface area (Å²) in [5, 5.41) is 19.0. The van der Waals surface area contributed by atoms with E-state index in [4.69, 9.17) is 0 Å². The van der Waals surface area contributed by atoms with Crippen molar-refractivity contribution in [2.75, 3.05) is 5.32 Å². The average Bonchev–Trinajstić information content (AvgIpc) is 2.76. The largest absolute Gasteiger partial charge is 0.476 e. The molecule has 7 nitrogen and oxygen atoms in total. The Morgan fingerprint density at radius 2 is 1.94 bits per heavy atom. The molecule has 0 amide bonds. The Kier molecular flexibility index (Phi) is 5.49. The first-order valence-electron chi connectivity index (χ1n) is 10.0. The van der Waals surface area contributed by atoms with E-state index in [9.17, 15) is 14.7 Å². The first kappa shape index (κ1) is 20.3. The lowest BCUT2D eigenvalue weighted by atomic mass is 10.0. The van der Waals surface area contributed by atoms with Crippen molar-refractivity contribution < 1.29 is 9.90 Å². The highest BCUT2D eigenvalue weighted by molar-refractivity contribution is 5.95. The fourth-order valence-corrected chi connectivity index (χ4v) is 3.67. The molecule has 0 atom stereocenters. The van der Waals surface area contributed by atoms with Gasteiger partial charge in [0.2, 0.25) is 0 Å². The number of anilines is 2. The van der Waals surface area contributed by atoms with E-state index in [1.54, 1.807) is 19.3 Å². The number of carbonyl (C=O) groups is 1. The van der Waals surface area contributed by atoms with Crippen LogP contribution in [-0.2, 0) is 13.0 Å². The van der Waals surface area contributed by atoms with Gasteiger partial charge in [-0.05, 0) is 19.4 Å². The highest BCUT2D eigenvalue weighted by atomic mass is 16.4. The molecule has 2 aromatic heterocycles. The zero-order valence-corrected chi connectivity index (χ0v) is 17.3. The van der Waals surface area contributed by atoms with Gasteiger partial charge >= 0.3 is 5.97 Å². The molecule has 0 aliphatic carbocycles. The van der Waals surface area contributed by atoms with Gasteiger partial charge in [0.05, 0.1) is 11.9 Å². The molecule has 2 N–H and O–H groups in total. The van der Waals surface area contributed by atoms with Crippen LogP contribution in [0.5, 0.6) is 0 Å². The van der Waals surface area contributed by atoms with Gasteiger partial charge in [-0.15, -0.1) is 0 Å². The molecule has 0 bridgehead atoms. The van der Waals surface area contributed by atoms with E-state index in [0.717, 1.165) is 21.9 Å². The quantitative estimate of drug-likeness (QED) is 0.492. The van der Waals surface area contributed by atoms with Crippen LogP contribution in [0.15, 0.2) is 65.7 Å². The van der Waals surface area contributed by atoms with Crippen molar-refractivity contribution in [1.82, 2.24) is 14.8 Å². The topological polar surface area (TPSA) is 97.1 Å². The summed E-state index contributed by atoms with van der Waals surface area (Å²) in [6.45, 7) is 3.98. The van der Waals surface area contributed by atoms with Gasteiger partial charge in [0.15, 0.2) is 5.69 Å². The first-order chi connectivity index (χ1) is 15.0. The number of aromatic nitrogens is 3. The number of fused-ring (bicyclic) bond motifs is 1. The molecule has 0 aliphatic heterocycles. The molecule has 0 unspecified atom stereocenters. The molecular formula is C24H22N4O3.